The third kappa shape index (κ3) is 4.61. The van der Waals surface area contributed by atoms with Crippen molar-refractivity contribution in [2.24, 2.45) is 0 Å². The third-order valence-corrected chi connectivity index (χ3v) is 10.3. The van der Waals surface area contributed by atoms with Crippen LogP contribution >= 0.6 is 0 Å². The van der Waals surface area contributed by atoms with Crippen molar-refractivity contribution in [3.05, 3.63) is 203 Å². The highest BCUT2D eigenvalue weighted by Gasteiger charge is 2.48. The lowest BCUT2D eigenvalue weighted by atomic mass is 9.66. The molecule has 4 heteroatoms. The summed E-state index contributed by atoms with van der Waals surface area (Å²) in [6, 6.07) is 55.8. The van der Waals surface area contributed by atoms with Crippen molar-refractivity contribution >= 4 is 12.2 Å². The van der Waals surface area contributed by atoms with Gasteiger partial charge in [-0.1, -0.05) is 158 Å². The SMILES string of the molecule is C1=Cc2ccc(-c3cc(-c4ccccc4)nc(-c4cnc(-c5ccccc5)nc4)n3)cc2C2(c3ccccc31)c1ccccc1-c1ccccc12. The first-order valence-electron chi connectivity index (χ1n) is 17.2. The van der Waals surface area contributed by atoms with E-state index in [-0.39, 0.29) is 0 Å². The maximum absolute atomic E-state index is 5.21. The van der Waals surface area contributed by atoms with E-state index < -0.39 is 5.41 Å². The van der Waals surface area contributed by atoms with E-state index in [4.69, 9.17) is 19.9 Å². The van der Waals surface area contributed by atoms with Crippen molar-refractivity contribution < 1.29 is 0 Å². The number of hydrogen-bond acceptors (Lipinski definition) is 4. The Morgan fingerprint density at radius 2 is 0.882 bits per heavy atom. The molecule has 2 aliphatic rings. The maximum Gasteiger partial charge on any atom is 0.163 e. The molecule has 6 aromatic carbocycles. The van der Waals surface area contributed by atoms with Crippen LogP contribution in [0.4, 0.5) is 0 Å². The zero-order valence-corrected chi connectivity index (χ0v) is 27.6. The van der Waals surface area contributed by atoms with E-state index in [0.29, 0.717) is 11.6 Å². The summed E-state index contributed by atoms with van der Waals surface area (Å²) in [6.45, 7) is 0. The van der Waals surface area contributed by atoms with E-state index in [2.05, 4.69) is 121 Å². The number of nitrogens with zero attached hydrogens (tertiary/aromatic N) is 4. The van der Waals surface area contributed by atoms with Gasteiger partial charge in [0.15, 0.2) is 11.6 Å². The Bertz CT molecular complexity index is 2580. The predicted molar refractivity (Wildman–Crippen MR) is 206 cm³/mol. The van der Waals surface area contributed by atoms with Crippen molar-refractivity contribution in [1.82, 2.24) is 19.9 Å². The fourth-order valence-electron chi connectivity index (χ4n) is 7.97. The van der Waals surface area contributed by atoms with Gasteiger partial charge in [0, 0.05) is 29.1 Å². The standard InChI is InChI=1S/C47H30N4/c1-3-14-33(15-4-1)43-28-44(51-46(50-43)36-29-48-45(49-30-36)34-16-5-2-6-17-34)35-26-25-32-24-23-31-13-7-10-20-39(31)47(42(32)27-35)40-21-11-8-18-37(40)38-19-9-12-22-41(38)47/h1-30H. The van der Waals surface area contributed by atoms with Gasteiger partial charge in [0.05, 0.1) is 22.4 Å². The Labute approximate surface area is 296 Å². The van der Waals surface area contributed by atoms with Gasteiger partial charge in [-0.25, -0.2) is 19.9 Å². The molecule has 0 fully saturated rings. The average molecular weight is 651 g/mol. The lowest BCUT2D eigenvalue weighted by Crippen LogP contribution is -2.30. The van der Waals surface area contributed by atoms with E-state index in [1.807, 2.05) is 60.9 Å². The third-order valence-electron chi connectivity index (χ3n) is 10.3. The van der Waals surface area contributed by atoms with Gasteiger partial charge in [-0.2, -0.15) is 0 Å². The van der Waals surface area contributed by atoms with Gasteiger partial charge in [-0.3, -0.25) is 0 Å². The molecule has 0 aliphatic heterocycles. The summed E-state index contributed by atoms with van der Waals surface area (Å²) < 4.78 is 0. The molecule has 2 aromatic heterocycles. The molecule has 0 atom stereocenters. The van der Waals surface area contributed by atoms with Crippen LogP contribution in [0.5, 0.6) is 0 Å². The average Bonchev–Trinajstić information content (AvgIpc) is 3.42. The summed E-state index contributed by atoms with van der Waals surface area (Å²) in [4.78, 5) is 19.7. The molecule has 2 aliphatic carbocycles. The quantitative estimate of drug-likeness (QED) is 0.190. The van der Waals surface area contributed by atoms with Crippen LogP contribution in [0.3, 0.4) is 0 Å². The van der Waals surface area contributed by atoms with E-state index in [0.717, 1.165) is 33.6 Å². The molecule has 0 bridgehead atoms. The second kappa shape index (κ2) is 11.7. The van der Waals surface area contributed by atoms with Crippen molar-refractivity contribution in [1.29, 1.82) is 0 Å². The summed E-state index contributed by atoms with van der Waals surface area (Å²) in [5.41, 5.74) is 15.0. The van der Waals surface area contributed by atoms with Crippen molar-refractivity contribution in [3.8, 4) is 56.4 Å². The Morgan fingerprint density at radius 3 is 1.55 bits per heavy atom. The summed E-state index contributed by atoms with van der Waals surface area (Å²) in [5.74, 6) is 1.25. The monoisotopic (exact) mass is 650 g/mol. The van der Waals surface area contributed by atoms with E-state index in [9.17, 15) is 0 Å². The van der Waals surface area contributed by atoms with Gasteiger partial charge in [0.2, 0.25) is 0 Å². The zero-order chi connectivity index (χ0) is 33.8. The highest BCUT2D eigenvalue weighted by Crippen LogP contribution is 2.58. The molecular weight excluding hydrogens is 621 g/mol. The largest absolute Gasteiger partial charge is 0.236 e. The molecule has 0 saturated carbocycles. The van der Waals surface area contributed by atoms with Crippen LogP contribution in [0.25, 0.3) is 68.6 Å². The van der Waals surface area contributed by atoms with Crippen LogP contribution < -0.4 is 0 Å². The minimum absolute atomic E-state index is 0.516. The molecule has 0 radical (unpaired) electrons. The zero-order valence-electron chi connectivity index (χ0n) is 27.6. The van der Waals surface area contributed by atoms with E-state index in [1.165, 1.54) is 44.5 Å². The Morgan fingerprint density at radius 1 is 0.353 bits per heavy atom. The Kier molecular flexibility index (Phi) is 6.68. The lowest BCUT2D eigenvalue weighted by Gasteiger charge is -2.35. The van der Waals surface area contributed by atoms with Crippen LogP contribution in [-0.2, 0) is 5.41 Å². The van der Waals surface area contributed by atoms with Crippen LogP contribution in [0, 0.1) is 0 Å². The topological polar surface area (TPSA) is 51.6 Å². The second-order valence-corrected chi connectivity index (χ2v) is 13.1. The van der Waals surface area contributed by atoms with Crippen molar-refractivity contribution in [2.75, 3.05) is 0 Å². The fraction of sp³-hybridized carbons (Fsp3) is 0.0213. The molecule has 0 amide bonds. The molecule has 10 rings (SSSR count). The van der Waals surface area contributed by atoms with Gasteiger partial charge in [0.25, 0.3) is 0 Å². The minimum Gasteiger partial charge on any atom is -0.236 e. The normalized spacial score (nSPS) is 13.2. The number of fused-ring (bicyclic) bond motifs is 9. The molecule has 8 aromatic rings. The van der Waals surface area contributed by atoms with Gasteiger partial charge in [-0.15, -0.1) is 0 Å². The number of rotatable bonds is 4. The first-order chi connectivity index (χ1) is 25.3. The molecule has 0 unspecified atom stereocenters. The first-order valence-corrected chi connectivity index (χ1v) is 17.2. The molecule has 4 nitrogen and oxygen atoms in total. The van der Waals surface area contributed by atoms with Gasteiger partial charge in [-0.05, 0) is 56.6 Å². The summed E-state index contributed by atoms with van der Waals surface area (Å²) >= 11 is 0. The Hall–Kier alpha value is -6.78. The molecule has 2 heterocycles. The van der Waals surface area contributed by atoms with Crippen LogP contribution in [0.2, 0.25) is 0 Å². The summed E-state index contributed by atoms with van der Waals surface area (Å²) in [5, 5.41) is 0. The number of hydrogen-bond donors (Lipinski definition) is 0. The molecule has 1 spiro atoms. The molecule has 0 N–H and O–H groups in total. The summed E-state index contributed by atoms with van der Waals surface area (Å²) in [7, 11) is 0. The number of aromatic nitrogens is 4. The van der Waals surface area contributed by atoms with E-state index in [1.54, 1.807) is 0 Å². The lowest BCUT2D eigenvalue weighted by molar-refractivity contribution is 0.766. The van der Waals surface area contributed by atoms with E-state index >= 15 is 0 Å². The van der Waals surface area contributed by atoms with Crippen molar-refractivity contribution in [2.45, 2.75) is 5.41 Å². The molecular formula is C47H30N4. The van der Waals surface area contributed by atoms with Gasteiger partial charge >= 0.3 is 0 Å². The van der Waals surface area contributed by atoms with Crippen LogP contribution in [0.15, 0.2) is 170 Å². The fourth-order valence-corrected chi connectivity index (χ4v) is 7.97. The number of benzene rings is 6. The highest BCUT2D eigenvalue weighted by molar-refractivity contribution is 5.92. The van der Waals surface area contributed by atoms with Crippen LogP contribution in [-0.4, -0.2) is 19.9 Å². The van der Waals surface area contributed by atoms with Gasteiger partial charge in [0.1, 0.15) is 0 Å². The van der Waals surface area contributed by atoms with Gasteiger partial charge < -0.3 is 0 Å². The molecule has 0 saturated heterocycles. The second-order valence-electron chi connectivity index (χ2n) is 13.1. The maximum atomic E-state index is 5.21. The first kappa shape index (κ1) is 29.2. The predicted octanol–water partition coefficient (Wildman–Crippen LogP) is 10.8. The van der Waals surface area contributed by atoms with Crippen LogP contribution in [0.1, 0.15) is 33.4 Å². The molecule has 51 heavy (non-hydrogen) atoms. The Balaban J connectivity index is 1.20. The summed E-state index contributed by atoms with van der Waals surface area (Å²) in [6.07, 6.45) is 8.18. The smallest absolute Gasteiger partial charge is 0.163 e. The highest BCUT2D eigenvalue weighted by atomic mass is 14.9. The minimum atomic E-state index is -0.516. The molecule has 238 valence electrons. The van der Waals surface area contributed by atoms with Crippen molar-refractivity contribution in [3.63, 3.8) is 0 Å².